The maximum Gasteiger partial charge on any atom is 0.318 e. The summed E-state index contributed by atoms with van der Waals surface area (Å²) in [5, 5.41) is 8.34. The number of carboxylic acid groups (broad SMARTS) is 1. The zero-order valence-electron chi connectivity index (χ0n) is 8.81. The number of carbonyl (C=O) groups is 1. The molecule has 0 atom stereocenters. The number of hydrogen-bond acceptors (Lipinski definition) is 4. The Labute approximate surface area is 97.1 Å². The van der Waals surface area contributed by atoms with E-state index >= 15 is 0 Å². The first kappa shape index (κ1) is 13.4. The third-order valence-electron chi connectivity index (χ3n) is 1.85. The Morgan fingerprint density at radius 3 is 2.65 bits per heavy atom. The van der Waals surface area contributed by atoms with Crippen LogP contribution in [0.25, 0.3) is 0 Å². The molecule has 0 amide bonds. The van der Waals surface area contributed by atoms with Gasteiger partial charge in [0.05, 0.1) is 12.0 Å². The standard InChI is InChI=1S/C9H10FNO5S/c1-16-8-3-2-6(4-7(8)10)17(14,15)11-5-9(12)13/h2-4,11H,5H2,1H3,(H,12,13). The van der Waals surface area contributed by atoms with Crippen LogP contribution in [-0.2, 0) is 14.8 Å². The van der Waals surface area contributed by atoms with E-state index in [-0.39, 0.29) is 10.6 Å². The Bertz CT molecular complexity index is 528. The lowest BCUT2D eigenvalue weighted by molar-refractivity contribution is -0.135. The minimum Gasteiger partial charge on any atom is -0.494 e. The number of rotatable bonds is 5. The van der Waals surface area contributed by atoms with E-state index < -0.39 is 28.4 Å². The Morgan fingerprint density at radius 1 is 1.53 bits per heavy atom. The zero-order chi connectivity index (χ0) is 13.1. The minimum absolute atomic E-state index is 0.0952. The topological polar surface area (TPSA) is 92.7 Å². The van der Waals surface area contributed by atoms with Crippen LogP contribution in [0.2, 0.25) is 0 Å². The Morgan fingerprint density at radius 2 is 2.18 bits per heavy atom. The van der Waals surface area contributed by atoms with Crippen LogP contribution in [0.1, 0.15) is 0 Å². The van der Waals surface area contributed by atoms with Crippen LogP contribution in [0.4, 0.5) is 4.39 Å². The lowest BCUT2D eigenvalue weighted by Gasteiger charge is -2.06. The van der Waals surface area contributed by atoms with Gasteiger partial charge < -0.3 is 9.84 Å². The van der Waals surface area contributed by atoms with E-state index in [1.165, 1.54) is 7.11 Å². The van der Waals surface area contributed by atoms with Crippen LogP contribution >= 0.6 is 0 Å². The summed E-state index contributed by atoms with van der Waals surface area (Å²) in [6.07, 6.45) is 0. The molecule has 0 saturated carbocycles. The number of hydrogen-bond donors (Lipinski definition) is 2. The normalized spacial score (nSPS) is 11.2. The summed E-state index contributed by atoms with van der Waals surface area (Å²) in [6.45, 7) is -0.768. The van der Waals surface area contributed by atoms with Crippen molar-refractivity contribution in [1.29, 1.82) is 0 Å². The lowest BCUT2D eigenvalue weighted by atomic mass is 10.3. The van der Waals surface area contributed by atoms with Gasteiger partial charge in [-0.25, -0.2) is 12.8 Å². The molecule has 0 bridgehead atoms. The van der Waals surface area contributed by atoms with E-state index in [4.69, 9.17) is 5.11 Å². The van der Waals surface area contributed by atoms with Crippen molar-refractivity contribution >= 4 is 16.0 Å². The summed E-state index contributed by atoms with van der Waals surface area (Å²) >= 11 is 0. The molecule has 0 aliphatic heterocycles. The third-order valence-corrected chi connectivity index (χ3v) is 3.25. The number of carboxylic acids is 1. The maximum atomic E-state index is 13.2. The first-order valence-corrected chi connectivity index (χ1v) is 5.90. The average Bonchev–Trinajstić information content (AvgIpc) is 2.26. The molecule has 0 fully saturated rings. The Balaban J connectivity index is 2.99. The van der Waals surface area contributed by atoms with Gasteiger partial charge in [-0.1, -0.05) is 0 Å². The average molecular weight is 263 g/mol. The van der Waals surface area contributed by atoms with E-state index in [1.54, 1.807) is 4.72 Å². The van der Waals surface area contributed by atoms with Crippen molar-refractivity contribution in [3.8, 4) is 5.75 Å². The molecule has 6 nitrogen and oxygen atoms in total. The number of ether oxygens (including phenoxy) is 1. The number of halogens is 1. The fourth-order valence-electron chi connectivity index (χ4n) is 1.05. The molecule has 0 unspecified atom stereocenters. The summed E-state index contributed by atoms with van der Waals surface area (Å²) in [7, 11) is -2.78. The number of aliphatic carboxylic acids is 1. The summed E-state index contributed by atoms with van der Waals surface area (Å²) in [4.78, 5) is 9.86. The molecule has 0 aromatic heterocycles. The van der Waals surface area contributed by atoms with Crippen molar-refractivity contribution in [1.82, 2.24) is 4.72 Å². The molecule has 0 radical (unpaired) electrons. The van der Waals surface area contributed by atoms with Gasteiger partial charge in [-0.05, 0) is 18.2 Å². The molecule has 1 rings (SSSR count). The second kappa shape index (κ2) is 5.11. The fourth-order valence-corrected chi connectivity index (χ4v) is 2.04. The molecule has 0 heterocycles. The van der Waals surface area contributed by atoms with Crippen LogP contribution < -0.4 is 9.46 Å². The van der Waals surface area contributed by atoms with Gasteiger partial charge in [0.1, 0.15) is 6.54 Å². The van der Waals surface area contributed by atoms with Crippen LogP contribution in [0.15, 0.2) is 23.1 Å². The fraction of sp³-hybridized carbons (Fsp3) is 0.222. The van der Waals surface area contributed by atoms with Gasteiger partial charge in [0, 0.05) is 0 Å². The number of sulfonamides is 1. The van der Waals surface area contributed by atoms with Gasteiger partial charge in [-0.15, -0.1) is 0 Å². The van der Waals surface area contributed by atoms with Crippen molar-refractivity contribution < 1.29 is 27.4 Å². The van der Waals surface area contributed by atoms with Crippen LogP contribution in [0.3, 0.4) is 0 Å². The molecule has 0 aliphatic carbocycles. The van der Waals surface area contributed by atoms with Gasteiger partial charge in [-0.2, -0.15) is 4.72 Å². The van der Waals surface area contributed by atoms with Crippen molar-refractivity contribution in [3.63, 3.8) is 0 Å². The zero-order valence-corrected chi connectivity index (χ0v) is 9.62. The second-order valence-corrected chi connectivity index (χ2v) is 4.78. The first-order valence-electron chi connectivity index (χ1n) is 4.42. The molecular weight excluding hydrogens is 253 g/mol. The van der Waals surface area contributed by atoms with Crippen LogP contribution in [0.5, 0.6) is 5.75 Å². The Kier molecular flexibility index (Phi) is 4.02. The summed E-state index contributed by atoms with van der Waals surface area (Å²) in [5.41, 5.74) is 0. The van der Waals surface area contributed by atoms with Crippen LogP contribution in [0, 0.1) is 5.82 Å². The molecule has 94 valence electrons. The molecule has 2 N–H and O–H groups in total. The highest BCUT2D eigenvalue weighted by atomic mass is 32.2. The summed E-state index contributed by atoms with van der Waals surface area (Å²) in [5.74, 6) is -2.27. The molecule has 1 aromatic rings. The monoisotopic (exact) mass is 263 g/mol. The molecule has 0 aliphatic rings. The SMILES string of the molecule is COc1ccc(S(=O)(=O)NCC(=O)O)cc1F. The van der Waals surface area contributed by atoms with E-state index in [0.717, 1.165) is 18.2 Å². The first-order chi connectivity index (χ1) is 7.86. The Hall–Kier alpha value is -1.67. The quantitative estimate of drug-likeness (QED) is 0.791. The molecule has 0 saturated heterocycles. The van der Waals surface area contributed by atoms with E-state index in [2.05, 4.69) is 4.74 Å². The highest BCUT2D eigenvalue weighted by Crippen LogP contribution is 2.20. The van der Waals surface area contributed by atoms with E-state index in [0.29, 0.717) is 0 Å². The van der Waals surface area contributed by atoms with Crippen molar-refractivity contribution in [2.45, 2.75) is 4.90 Å². The van der Waals surface area contributed by atoms with Gasteiger partial charge in [0.2, 0.25) is 10.0 Å². The number of benzene rings is 1. The molecule has 1 aromatic carbocycles. The maximum absolute atomic E-state index is 13.2. The third kappa shape index (κ3) is 3.40. The van der Waals surface area contributed by atoms with Gasteiger partial charge in [0.15, 0.2) is 11.6 Å². The molecule has 17 heavy (non-hydrogen) atoms. The van der Waals surface area contributed by atoms with Crippen molar-refractivity contribution in [3.05, 3.63) is 24.0 Å². The second-order valence-electron chi connectivity index (χ2n) is 3.01. The predicted octanol–water partition coefficient (Wildman–Crippen LogP) is 0.197. The van der Waals surface area contributed by atoms with Crippen molar-refractivity contribution in [2.24, 2.45) is 0 Å². The van der Waals surface area contributed by atoms with Crippen molar-refractivity contribution in [2.75, 3.05) is 13.7 Å². The van der Waals surface area contributed by atoms with E-state index in [1.807, 2.05) is 0 Å². The molecular formula is C9H10FNO5S. The van der Waals surface area contributed by atoms with Gasteiger partial charge in [0.25, 0.3) is 0 Å². The highest BCUT2D eigenvalue weighted by Gasteiger charge is 2.17. The summed E-state index contributed by atoms with van der Waals surface area (Å²) < 4.78 is 42.7. The number of nitrogens with one attached hydrogen (secondary N) is 1. The van der Waals surface area contributed by atoms with Gasteiger partial charge >= 0.3 is 5.97 Å². The highest BCUT2D eigenvalue weighted by molar-refractivity contribution is 7.89. The summed E-state index contributed by atoms with van der Waals surface area (Å²) in [6, 6.07) is 3.01. The van der Waals surface area contributed by atoms with Gasteiger partial charge in [-0.3, -0.25) is 4.79 Å². The van der Waals surface area contributed by atoms with E-state index in [9.17, 15) is 17.6 Å². The predicted molar refractivity (Wildman–Crippen MR) is 55.8 cm³/mol. The molecule has 0 spiro atoms. The largest absolute Gasteiger partial charge is 0.494 e. The minimum atomic E-state index is -4.03. The smallest absolute Gasteiger partial charge is 0.318 e. The lowest BCUT2D eigenvalue weighted by Crippen LogP contribution is -2.29. The number of methoxy groups -OCH3 is 1. The van der Waals surface area contributed by atoms with Crippen LogP contribution in [-0.4, -0.2) is 33.1 Å². The molecule has 8 heteroatoms.